The van der Waals surface area contributed by atoms with Crippen LogP contribution in [0.5, 0.6) is 0 Å². The Morgan fingerprint density at radius 3 is 2.60 bits per heavy atom. The van der Waals surface area contributed by atoms with E-state index in [1.807, 2.05) is 6.07 Å². The van der Waals surface area contributed by atoms with Crippen molar-refractivity contribution in [3.05, 3.63) is 45.6 Å². The van der Waals surface area contributed by atoms with Gasteiger partial charge in [0.05, 0.1) is 10.6 Å². The van der Waals surface area contributed by atoms with E-state index in [0.717, 1.165) is 17.7 Å². The van der Waals surface area contributed by atoms with Crippen LogP contribution in [0, 0.1) is 5.92 Å². The van der Waals surface area contributed by atoms with Gasteiger partial charge in [0, 0.05) is 16.3 Å². The van der Waals surface area contributed by atoms with Crippen molar-refractivity contribution in [3.63, 3.8) is 0 Å². The second-order valence-electron chi connectivity index (χ2n) is 6.44. The molecule has 0 radical (unpaired) electrons. The molecule has 1 aromatic heterocycles. The lowest BCUT2D eigenvalue weighted by Crippen LogP contribution is -2.14. The monoisotopic (exact) mass is 378 g/mol. The van der Waals surface area contributed by atoms with Crippen LogP contribution in [0.4, 0.5) is 11.4 Å². The molecule has 0 saturated carbocycles. The number of anilines is 2. The van der Waals surface area contributed by atoms with Crippen LogP contribution in [0.15, 0.2) is 30.3 Å². The van der Waals surface area contributed by atoms with E-state index in [1.165, 1.54) is 16.9 Å². The second-order valence-corrected chi connectivity index (χ2v) is 9.59. The number of amides is 1. The Kier molecular flexibility index (Phi) is 5.15. The normalized spacial score (nSPS) is 17.0. The van der Waals surface area contributed by atoms with Gasteiger partial charge in [-0.15, -0.1) is 11.3 Å². The molecule has 5 nitrogen and oxygen atoms in total. The summed E-state index contributed by atoms with van der Waals surface area (Å²) in [5.41, 5.74) is 2.43. The standard InChI is InChI=1S/C18H22N2O3S2/c1-3-25(22,23)20-15-7-5-14(6-8-15)19-18(21)17-11-13-10-12(2)4-9-16(13)24-17/h5-8,11-12,20H,3-4,9-10H2,1-2H3,(H,19,21). The van der Waals surface area contributed by atoms with E-state index in [4.69, 9.17) is 0 Å². The molecule has 25 heavy (non-hydrogen) atoms. The third-order valence-electron chi connectivity index (χ3n) is 4.35. The van der Waals surface area contributed by atoms with Gasteiger partial charge in [-0.1, -0.05) is 6.92 Å². The molecular formula is C18H22N2O3S2. The Bertz CT molecular complexity index is 870. The number of fused-ring (bicyclic) bond motifs is 1. The SMILES string of the molecule is CCS(=O)(=O)Nc1ccc(NC(=O)c2cc3c(s2)CCC(C)C3)cc1. The smallest absolute Gasteiger partial charge is 0.265 e. The number of nitrogens with one attached hydrogen (secondary N) is 2. The lowest BCUT2D eigenvalue weighted by molar-refractivity contribution is 0.103. The molecule has 1 aliphatic rings. The number of hydrogen-bond acceptors (Lipinski definition) is 4. The van der Waals surface area contributed by atoms with Crippen LogP contribution in [0.3, 0.4) is 0 Å². The molecule has 134 valence electrons. The van der Waals surface area contributed by atoms with Gasteiger partial charge in [0.15, 0.2) is 0 Å². The largest absolute Gasteiger partial charge is 0.321 e. The number of carbonyl (C=O) groups is 1. The fraction of sp³-hybridized carbons (Fsp3) is 0.389. The summed E-state index contributed by atoms with van der Waals surface area (Å²) in [6, 6.07) is 8.69. The first-order valence-corrected chi connectivity index (χ1v) is 10.9. The highest BCUT2D eigenvalue weighted by Gasteiger charge is 2.20. The predicted octanol–water partition coefficient (Wildman–Crippen LogP) is 3.89. The highest BCUT2D eigenvalue weighted by molar-refractivity contribution is 7.92. The number of aryl methyl sites for hydroxylation is 1. The number of hydrogen-bond donors (Lipinski definition) is 2. The second kappa shape index (κ2) is 7.17. The van der Waals surface area contributed by atoms with Crippen molar-refractivity contribution in [1.29, 1.82) is 0 Å². The molecule has 3 rings (SSSR count). The van der Waals surface area contributed by atoms with Gasteiger partial charge >= 0.3 is 0 Å². The van der Waals surface area contributed by atoms with E-state index in [1.54, 1.807) is 42.5 Å². The van der Waals surface area contributed by atoms with E-state index in [9.17, 15) is 13.2 Å². The highest BCUT2D eigenvalue weighted by Crippen LogP contribution is 2.32. The maximum Gasteiger partial charge on any atom is 0.265 e. The van der Waals surface area contributed by atoms with Crippen molar-refractivity contribution in [3.8, 4) is 0 Å². The molecule has 0 fully saturated rings. The number of thiophene rings is 1. The molecule has 1 aromatic carbocycles. The first-order valence-electron chi connectivity index (χ1n) is 8.40. The van der Waals surface area contributed by atoms with Gasteiger partial charge in [-0.25, -0.2) is 8.42 Å². The Morgan fingerprint density at radius 2 is 1.92 bits per heavy atom. The summed E-state index contributed by atoms with van der Waals surface area (Å²) in [7, 11) is -3.29. The number of benzene rings is 1. The minimum Gasteiger partial charge on any atom is -0.321 e. The van der Waals surface area contributed by atoms with Crippen LogP contribution in [0.25, 0.3) is 0 Å². The van der Waals surface area contributed by atoms with Gasteiger partial charge in [0.2, 0.25) is 10.0 Å². The van der Waals surface area contributed by atoms with E-state index >= 15 is 0 Å². The molecule has 1 aliphatic carbocycles. The number of rotatable bonds is 5. The van der Waals surface area contributed by atoms with Gasteiger partial charge in [-0.2, -0.15) is 0 Å². The molecule has 0 aliphatic heterocycles. The third-order valence-corrected chi connectivity index (χ3v) is 6.89. The summed E-state index contributed by atoms with van der Waals surface area (Å²) in [6.07, 6.45) is 3.29. The van der Waals surface area contributed by atoms with Crippen molar-refractivity contribution in [2.24, 2.45) is 5.92 Å². The zero-order valence-corrected chi connectivity index (χ0v) is 16.0. The molecule has 1 atom stereocenters. The van der Waals surface area contributed by atoms with Crippen LogP contribution in [-0.2, 0) is 22.9 Å². The maximum absolute atomic E-state index is 12.5. The van der Waals surface area contributed by atoms with Gasteiger partial charge in [0.1, 0.15) is 0 Å². The van der Waals surface area contributed by atoms with Crippen LogP contribution in [0.1, 0.15) is 40.4 Å². The van der Waals surface area contributed by atoms with Crippen LogP contribution in [0.2, 0.25) is 0 Å². The highest BCUT2D eigenvalue weighted by atomic mass is 32.2. The maximum atomic E-state index is 12.5. The van der Waals surface area contributed by atoms with Gasteiger partial charge in [-0.05, 0) is 68.0 Å². The lowest BCUT2D eigenvalue weighted by Gasteiger charge is -2.16. The van der Waals surface area contributed by atoms with Crippen molar-refractivity contribution < 1.29 is 13.2 Å². The predicted molar refractivity (Wildman–Crippen MR) is 103 cm³/mol. The topological polar surface area (TPSA) is 75.3 Å². The van der Waals surface area contributed by atoms with Gasteiger partial charge in [-0.3, -0.25) is 9.52 Å². The molecule has 0 saturated heterocycles. The molecule has 2 N–H and O–H groups in total. The molecule has 1 unspecified atom stereocenters. The summed E-state index contributed by atoms with van der Waals surface area (Å²) in [5, 5.41) is 2.88. The molecular weight excluding hydrogens is 356 g/mol. The molecule has 2 aromatic rings. The van der Waals surface area contributed by atoms with E-state index in [0.29, 0.717) is 17.3 Å². The van der Waals surface area contributed by atoms with Crippen molar-refractivity contribution in [2.45, 2.75) is 33.1 Å². The summed E-state index contributed by atoms with van der Waals surface area (Å²) in [4.78, 5) is 14.5. The van der Waals surface area contributed by atoms with Crippen molar-refractivity contribution >= 4 is 38.6 Å². The van der Waals surface area contributed by atoms with Crippen molar-refractivity contribution in [2.75, 3.05) is 15.8 Å². The lowest BCUT2D eigenvalue weighted by atomic mass is 9.90. The van der Waals surface area contributed by atoms with Gasteiger partial charge < -0.3 is 5.32 Å². The zero-order chi connectivity index (χ0) is 18.0. The van der Waals surface area contributed by atoms with E-state index in [-0.39, 0.29) is 11.7 Å². The fourth-order valence-corrected chi connectivity index (χ4v) is 4.63. The average molecular weight is 379 g/mol. The minimum absolute atomic E-state index is 0.0210. The third kappa shape index (κ3) is 4.41. The Morgan fingerprint density at radius 1 is 1.24 bits per heavy atom. The molecule has 1 heterocycles. The molecule has 0 spiro atoms. The zero-order valence-electron chi connectivity index (χ0n) is 14.3. The number of sulfonamides is 1. The molecule has 0 bridgehead atoms. The summed E-state index contributed by atoms with van der Waals surface area (Å²) < 4.78 is 25.6. The number of carbonyl (C=O) groups excluding carboxylic acids is 1. The summed E-state index contributed by atoms with van der Waals surface area (Å²) in [5.74, 6) is 0.582. The minimum atomic E-state index is -3.29. The van der Waals surface area contributed by atoms with Gasteiger partial charge in [0.25, 0.3) is 5.91 Å². The molecule has 1 amide bonds. The van der Waals surface area contributed by atoms with E-state index < -0.39 is 10.0 Å². The summed E-state index contributed by atoms with van der Waals surface area (Å²) in [6.45, 7) is 3.83. The quantitative estimate of drug-likeness (QED) is 0.829. The average Bonchev–Trinajstić information content (AvgIpc) is 2.99. The Labute approximate surface area is 152 Å². The first-order chi connectivity index (χ1) is 11.9. The summed E-state index contributed by atoms with van der Waals surface area (Å²) >= 11 is 1.58. The van der Waals surface area contributed by atoms with Crippen LogP contribution < -0.4 is 10.0 Å². The Balaban J connectivity index is 1.67. The van der Waals surface area contributed by atoms with Crippen LogP contribution >= 0.6 is 11.3 Å². The fourth-order valence-electron chi connectivity index (χ4n) is 2.88. The first kappa shape index (κ1) is 17.9. The van der Waals surface area contributed by atoms with Crippen LogP contribution in [-0.4, -0.2) is 20.1 Å². The Hall–Kier alpha value is -1.86. The molecule has 7 heteroatoms. The van der Waals surface area contributed by atoms with E-state index in [2.05, 4.69) is 17.0 Å². The van der Waals surface area contributed by atoms with Crippen molar-refractivity contribution in [1.82, 2.24) is 0 Å².